The summed E-state index contributed by atoms with van der Waals surface area (Å²) in [6, 6.07) is 15.8. The fourth-order valence-corrected chi connectivity index (χ4v) is 4.52. The highest BCUT2D eigenvalue weighted by Crippen LogP contribution is 2.26. The third kappa shape index (κ3) is 5.41. The average Bonchev–Trinajstić information content (AvgIpc) is 3.36. The van der Waals surface area contributed by atoms with E-state index in [2.05, 4.69) is 26.3 Å². The third-order valence-corrected chi connectivity index (χ3v) is 6.66. The summed E-state index contributed by atoms with van der Waals surface area (Å²) in [4.78, 5) is 13.3. The monoisotopic (exact) mass is 529 g/mol. The number of nitrogens with zero attached hydrogens (tertiary/aromatic N) is 2. The van der Waals surface area contributed by atoms with Crippen LogP contribution in [0.25, 0.3) is 0 Å². The highest BCUT2D eigenvalue weighted by Gasteiger charge is 2.15. The number of carbonyl (C=O) groups excluding carboxylic acids is 1. The molecule has 0 radical (unpaired) electrons. The zero-order chi connectivity index (χ0) is 22.7. The van der Waals surface area contributed by atoms with Crippen LogP contribution in [0.3, 0.4) is 0 Å². The molecule has 0 aliphatic heterocycles. The lowest BCUT2D eigenvalue weighted by Gasteiger charge is -2.10. The van der Waals surface area contributed by atoms with Crippen molar-refractivity contribution in [3.63, 3.8) is 0 Å². The summed E-state index contributed by atoms with van der Waals surface area (Å²) in [5.74, 6) is 0.979. The number of anilines is 1. The molecule has 4 aromatic rings. The largest absolute Gasteiger partial charge is 0.488 e. The first-order valence-corrected chi connectivity index (χ1v) is 12.0. The van der Waals surface area contributed by atoms with E-state index in [0.717, 1.165) is 32.5 Å². The Hall–Kier alpha value is -2.61. The van der Waals surface area contributed by atoms with Gasteiger partial charge in [0.25, 0.3) is 5.91 Å². The van der Waals surface area contributed by atoms with Crippen LogP contribution in [0.2, 0.25) is 5.02 Å². The second-order valence-corrected chi connectivity index (χ2v) is 9.67. The topological polar surface area (TPSA) is 56.1 Å². The first-order valence-electron chi connectivity index (χ1n) is 9.94. The van der Waals surface area contributed by atoms with Crippen LogP contribution in [0.15, 0.2) is 64.6 Å². The molecule has 0 saturated carbocycles. The molecule has 0 atom stereocenters. The molecule has 0 aliphatic rings. The lowest BCUT2D eigenvalue weighted by atomic mass is 10.1. The molecule has 32 heavy (non-hydrogen) atoms. The Balaban J connectivity index is 1.39. The number of nitrogens with one attached hydrogen (secondary N) is 1. The number of thiophene rings is 1. The minimum atomic E-state index is -0.246. The summed E-state index contributed by atoms with van der Waals surface area (Å²) in [5.41, 5.74) is 4.20. The maximum atomic E-state index is 12.7. The number of para-hydroxylation sites is 1. The van der Waals surface area contributed by atoms with Crippen molar-refractivity contribution in [1.82, 2.24) is 9.78 Å². The predicted octanol–water partition coefficient (Wildman–Crippen LogP) is 6.86. The molecule has 0 fully saturated rings. The number of hydrogen-bond acceptors (Lipinski definition) is 4. The predicted molar refractivity (Wildman–Crippen MR) is 133 cm³/mol. The van der Waals surface area contributed by atoms with Gasteiger partial charge in [-0.3, -0.25) is 9.48 Å². The van der Waals surface area contributed by atoms with Crippen molar-refractivity contribution in [3.05, 3.63) is 96.7 Å². The Morgan fingerprint density at radius 2 is 1.88 bits per heavy atom. The molecule has 8 heteroatoms. The van der Waals surface area contributed by atoms with Crippen molar-refractivity contribution in [3.8, 4) is 5.75 Å². The number of amides is 1. The molecule has 4 rings (SSSR count). The molecule has 0 bridgehead atoms. The Bertz CT molecular complexity index is 1230. The molecule has 2 aromatic carbocycles. The van der Waals surface area contributed by atoms with Crippen LogP contribution in [-0.2, 0) is 13.2 Å². The van der Waals surface area contributed by atoms with Crippen molar-refractivity contribution >= 4 is 50.6 Å². The molecule has 164 valence electrons. The van der Waals surface area contributed by atoms with E-state index in [1.807, 2.05) is 67.8 Å². The minimum absolute atomic E-state index is 0.246. The zero-order valence-electron chi connectivity index (χ0n) is 17.6. The number of aromatic nitrogens is 2. The molecule has 0 aliphatic carbocycles. The van der Waals surface area contributed by atoms with Crippen molar-refractivity contribution < 1.29 is 9.53 Å². The second kappa shape index (κ2) is 9.90. The van der Waals surface area contributed by atoms with Crippen LogP contribution in [0.1, 0.15) is 31.9 Å². The van der Waals surface area contributed by atoms with E-state index in [1.165, 1.54) is 11.3 Å². The fraction of sp³-hybridized carbons (Fsp3) is 0.167. The lowest BCUT2D eigenvalue weighted by molar-refractivity contribution is 0.103. The summed E-state index contributed by atoms with van der Waals surface area (Å²) in [5, 5.41) is 9.54. The van der Waals surface area contributed by atoms with Gasteiger partial charge in [0.05, 0.1) is 11.4 Å². The Morgan fingerprint density at radius 3 is 2.59 bits per heavy atom. The number of ether oxygens (including phenoxy) is 1. The number of aryl methyl sites for hydroxylation is 2. The van der Waals surface area contributed by atoms with Gasteiger partial charge in [-0.25, -0.2) is 0 Å². The van der Waals surface area contributed by atoms with Crippen LogP contribution in [0, 0.1) is 13.8 Å². The van der Waals surface area contributed by atoms with Gasteiger partial charge >= 0.3 is 0 Å². The van der Waals surface area contributed by atoms with Gasteiger partial charge in [-0.1, -0.05) is 57.9 Å². The first kappa shape index (κ1) is 22.6. The van der Waals surface area contributed by atoms with Gasteiger partial charge in [-0.15, -0.1) is 11.3 Å². The molecule has 5 nitrogen and oxygen atoms in total. The van der Waals surface area contributed by atoms with Gasteiger partial charge < -0.3 is 10.1 Å². The maximum Gasteiger partial charge on any atom is 0.266 e. The van der Waals surface area contributed by atoms with E-state index in [0.29, 0.717) is 28.9 Å². The van der Waals surface area contributed by atoms with E-state index in [9.17, 15) is 4.79 Å². The lowest BCUT2D eigenvalue weighted by Crippen LogP contribution is -2.11. The number of rotatable bonds is 7. The SMILES string of the molecule is Cc1cccc(C)c1OCc1csc(C(=O)Nc2nn(Cc3ccc(Br)cc3)cc2Cl)c1. The van der Waals surface area contributed by atoms with Crippen molar-refractivity contribution in [1.29, 1.82) is 0 Å². The van der Waals surface area contributed by atoms with Crippen molar-refractivity contribution in [2.45, 2.75) is 27.0 Å². The van der Waals surface area contributed by atoms with E-state index in [4.69, 9.17) is 16.3 Å². The van der Waals surface area contributed by atoms with Gasteiger partial charge in [-0.2, -0.15) is 5.10 Å². The van der Waals surface area contributed by atoms with Gasteiger partial charge in [-0.05, 0) is 54.1 Å². The van der Waals surface area contributed by atoms with Crippen LogP contribution < -0.4 is 10.1 Å². The smallest absolute Gasteiger partial charge is 0.266 e. The summed E-state index contributed by atoms with van der Waals surface area (Å²) in [6.07, 6.45) is 1.71. The van der Waals surface area contributed by atoms with E-state index in [1.54, 1.807) is 10.9 Å². The highest BCUT2D eigenvalue weighted by atomic mass is 79.9. The zero-order valence-corrected chi connectivity index (χ0v) is 20.7. The second-order valence-electron chi connectivity index (χ2n) is 7.43. The van der Waals surface area contributed by atoms with Crippen LogP contribution >= 0.6 is 38.9 Å². The van der Waals surface area contributed by atoms with E-state index in [-0.39, 0.29) is 5.91 Å². The highest BCUT2D eigenvalue weighted by molar-refractivity contribution is 9.10. The molecule has 0 saturated heterocycles. The average molecular weight is 531 g/mol. The molecule has 1 amide bonds. The van der Waals surface area contributed by atoms with Crippen molar-refractivity contribution in [2.24, 2.45) is 0 Å². The summed E-state index contributed by atoms with van der Waals surface area (Å²) in [6.45, 7) is 5.00. The number of hydrogen-bond donors (Lipinski definition) is 1. The molecular weight excluding hydrogens is 510 g/mol. The van der Waals surface area contributed by atoms with Gasteiger partial charge in [0.15, 0.2) is 5.82 Å². The minimum Gasteiger partial charge on any atom is -0.488 e. The molecule has 2 heterocycles. The maximum absolute atomic E-state index is 12.7. The summed E-state index contributed by atoms with van der Waals surface area (Å²) in [7, 11) is 0. The van der Waals surface area contributed by atoms with E-state index < -0.39 is 0 Å². The molecule has 0 unspecified atom stereocenters. The number of halogens is 2. The van der Waals surface area contributed by atoms with Gasteiger partial charge in [0.2, 0.25) is 0 Å². The van der Waals surface area contributed by atoms with Gasteiger partial charge in [0.1, 0.15) is 17.4 Å². The number of carbonyl (C=O) groups is 1. The van der Waals surface area contributed by atoms with Crippen LogP contribution in [0.4, 0.5) is 5.82 Å². The summed E-state index contributed by atoms with van der Waals surface area (Å²) >= 11 is 11.1. The Kier molecular flexibility index (Phi) is 6.98. The Morgan fingerprint density at radius 1 is 1.16 bits per heavy atom. The fourth-order valence-electron chi connectivity index (χ4n) is 3.26. The third-order valence-electron chi connectivity index (χ3n) is 4.88. The number of benzene rings is 2. The van der Waals surface area contributed by atoms with Crippen molar-refractivity contribution in [2.75, 3.05) is 5.32 Å². The van der Waals surface area contributed by atoms with Crippen LogP contribution in [0.5, 0.6) is 5.75 Å². The van der Waals surface area contributed by atoms with Crippen LogP contribution in [-0.4, -0.2) is 15.7 Å². The molecule has 2 aromatic heterocycles. The molecule has 0 spiro atoms. The van der Waals surface area contributed by atoms with E-state index >= 15 is 0 Å². The summed E-state index contributed by atoms with van der Waals surface area (Å²) < 4.78 is 8.71. The molecular formula is C24H21BrClN3O2S. The Labute approximate surface area is 204 Å². The normalized spacial score (nSPS) is 10.9. The van der Waals surface area contributed by atoms with Gasteiger partial charge in [0, 0.05) is 16.2 Å². The quantitative estimate of drug-likeness (QED) is 0.284. The standard InChI is InChI=1S/C24H21BrClN3O2S/c1-15-4-3-5-16(2)22(15)31-13-18-10-21(32-14-18)24(30)27-23-20(26)12-29(28-23)11-17-6-8-19(25)9-7-17/h3-10,12,14H,11,13H2,1-2H3,(H,27,28,30). The first-order chi connectivity index (χ1) is 15.4. The molecule has 1 N–H and O–H groups in total.